The number of thiophene rings is 1. The van der Waals surface area contributed by atoms with Gasteiger partial charge in [-0.2, -0.15) is 13.2 Å². The Kier molecular flexibility index (Phi) is 7.03. The zero-order chi connectivity index (χ0) is 23.5. The van der Waals surface area contributed by atoms with Crippen LogP contribution in [-0.2, 0) is 6.18 Å². The zero-order valence-electron chi connectivity index (χ0n) is 18.0. The van der Waals surface area contributed by atoms with Gasteiger partial charge in [-0.15, -0.1) is 11.3 Å². The molecule has 172 valence electrons. The number of hydrogen-bond acceptors (Lipinski definition) is 5. The number of ether oxygens (including phenoxy) is 1. The molecule has 0 unspecified atom stereocenters. The quantitative estimate of drug-likeness (QED) is 0.524. The summed E-state index contributed by atoms with van der Waals surface area (Å²) in [6.07, 6.45) is -0.956. The maximum Gasteiger partial charge on any atom is 0.417 e. The summed E-state index contributed by atoms with van der Waals surface area (Å²) in [5.41, 5.74) is -0.426. The van der Waals surface area contributed by atoms with Crippen molar-refractivity contribution in [1.82, 2.24) is 4.98 Å². The maximum atomic E-state index is 12.6. The topological polar surface area (TPSA) is 71.5 Å². The van der Waals surface area contributed by atoms with Crippen LogP contribution in [0.15, 0.2) is 24.4 Å². The maximum absolute atomic E-state index is 12.6. The van der Waals surface area contributed by atoms with Crippen molar-refractivity contribution in [3.63, 3.8) is 0 Å². The van der Waals surface area contributed by atoms with E-state index in [1.54, 1.807) is 6.07 Å². The third-order valence-corrected chi connectivity index (χ3v) is 5.91. The Bertz CT molecular complexity index is 1010. The van der Waals surface area contributed by atoms with Crippen LogP contribution >= 0.6 is 11.3 Å². The molecular formula is C23H25F3N2O3S. The van der Waals surface area contributed by atoms with Crippen LogP contribution in [0.5, 0.6) is 5.88 Å². The lowest BCUT2D eigenvalue weighted by atomic mass is 9.92. The summed E-state index contributed by atoms with van der Waals surface area (Å²) in [5.74, 6) is 5.34. The first kappa shape index (κ1) is 23.9. The van der Waals surface area contributed by atoms with Crippen LogP contribution in [0, 0.1) is 17.3 Å². The fourth-order valence-corrected chi connectivity index (χ4v) is 4.12. The first-order valence-corrected chi connectivity index (χ1v) is 11.1. The van der Waals surface area contributed by atoms with Crippen LogP contribution in [0.3, 0.4) is 0 Å². The lowest BCUT2D eigenvalue weighted by Gasteiger charge is -2.29. The molecule has 2 N–H and O–H groups in total. The molecule has 9 heteroatoms. The predicted molar refractivity (Wildman–Crippen MR) is 117 cm³/mol. The van der Waals surface area contributed by atoms with Crippen LogP contribution in [-0.4, -0.2) is 28.2 Å². The lowest BCUT2D eigenvalue weighted by Crippen LogP contribution is -2.31. The molecule has 0 aliphatic heterocycles. The molecule has 0 bridgehead atoms. The van der Waals surface area contributed by atoms with Gasteiger partial charge in [-0.05, 0) is 58.6 Å². The molecule has 0 aromatic carbocycles. The molecule has 0 saturated heterocycles. The summed E-state index contributed by atoms with van der Waals surface area (Å²) in [6.45, 7) is 5.97. The van der Waals surface area contributed by atoms with Gasteiger partial charge >= 0.3 is 12.1 Å². The van der Waals surface area contributed by atoms with Gasteiger partial charge in [0.05, 0.1) is 16.1 Å². The summed E-state index contributed by atoms with van der Waals surface area (Å²) in [7, 11) is 0. The van der Waals surface area contributed by atoms with E-state index in [0.29, 0.717) is 23.4 Å². The highest BCUT2D eigenvalue weighted by atomic mass is 32.1. The standard InChI is InChI=1S/C23H25F3N2O3S/c1-22(2,3)11-10-17-12-18(20(32-17)21(29)30)28-15-5-7-16(8-6-15)31-19-9-4-14(13-27-19)23(24,25)26/h4,9,12-13,15-16,28H,5-8H2,1-3H3,(H,29,30)/t15-,16-. The van der Waals surface area contributed by atoms with E-state index in [2.05, 4.69) is 22.1 Å². The molecule has 1 fully saturated rings. The van der Waals surface area contributed by atoms with Gasteiger partial charge in [0.1, 0.15) is 11.0 Å². The first-order valence-electron chi connectivity index (χ1n) is 10.3. The second kappa shape index (κ2) is 9.41. The number of hydrogen-bond donors (Lipinski definition) is 2. The van der Waals surface area contributed by atoms with Gasteiger partial charge in [0.2, 0.25) is 5.88 Å². The molecule has 0 radical (unpaired) electrons. The number of pyridine rings is 1. The smallest absolute Gasteiger partial charge is 0.417 e. The fraction of sp³-hybridized carbons (Fsp3) is 0.478. The Morgan fingerprint density at radius 2 is 1.91 bits per heavy atom. The molecule has 0 spiro atoms. The molecule has 32 heavy (non-hydrogen) atoms. The number of halogens is 3. The molecule has 1 aliphatic carbocycles. The Morgan fingerprint density at radius 3 is 2.44 bits per heavy atom. The zero-order valence-corrected chi connectivity index (χ0v) is 18.9. The van der Waals surface area contributed by atoms with Crippen molar-refractivity contribution >= 4 is 23.0 Å². The van der Waals surface area contributed by atoms with E-state index in [-0.39, 0.29) is 28.3 Å². The van der Waals surface area contributed by atoms with Crippen LogP contribution in [0.4, 0.5) is 18.9 Å². The Balaban J connectivity index is 1.58. The van der Waals surface area contributed by atoms with Gasteiger partial charge in [0.25, 0.3) is 0 Å². The second-order valence-corrected chi connectivity index (χ2v) is 9.83. The molecular weight excluding hydrogens is 441 g/mol. The third kappa shape index (κ3) is 6.63. The number of carboxylic acid groups (broad SMARTS) is 1. The highest BCUT2D eigenvalue weighted by Gasteiger charge is 2.31. The van der Waals surface area contributed by atoms with Crippen molar-refractivity contribution in [1.29, 1.82) is 0 Å². The monoisotopic (exact) mass is 466 g/mol. The largest absolute Gasteiger partial charge is 0.477 e. The van der Waals surface area contributed by atoms with E-state index in [0.717, 1.165) is 36.4 Å². The number of carboxylic acids is 1. The third-order valence-electron chi connectivity index (χ3n) is 4.87. The van der Waals surface area contributed by atoms with Crippen molar-refractivity contribution in [2.45, 2.75) is 64.8 Å². The van der Waals surface area contributed by atoms with E-state index < -0.39 is 17.7 Å². The van der Waals surface area contributed by atoms with Crippen LogP contribution in [0.25, 0.3) is 0 Å². The number of nitrogens with one attached hydrogen (secondary N) is 1. The molecule has 1 aliphatic rings. The van der Waals surface area contributed by atoms with Gasteiger partial charge in [-0.25, -0.2) is 9.78 Å². The average Bonchev–Trinajstić information content (AvgIpc) is 3.10. The highest BCUT2D eigenvalue weighted by Crippen LogP contribution is 2.32. The number of anilines is 1. The molecule has 3 rings (SSSR count). The van der Waals surface area contributed by atoms with Crippen molar-refractivity contribution in [3.8, 4) is 17.7 Å². The number of aromatic nitrogens is 1. The predicted octanol–water partition coefficient (Wildman–Crippen LogP) is 6.06. The summed E-state index contributed by atoms with van der Waals surface area (Å²) >= 11 is 1.15. The Morgan fingerprint density at radius 1 is 1.22 bits per heavy atom. The summed E-state index contributed by atoms with van der Waals surface area (Å²) in [5, 5.41) is 12.9. The van der Waals surface area contributed by atoms with Gasteiger partial charge in [-0.3, -0.25) is 0 Å². The number of carbonyl (C=O) groups is 1. The SMILES string of the molecule is CC(C)(C)C#Cc1cc(N[C@H]2CC[C@H](Oc3ccc(C(F)(F)F)cn3)CC2)c(C(=O)O)s1. The van der Waals surface area contributed by atoms with Gasteiger partial charge in [-0.1, -0.05) is 11.8 Å². The molecule has 2 heterocycles. The van der Waals surface area contributed by atoms with Gasteiger partial charge < -0.3 is 15.2 Å². The van der Waals surface area contributed by atoms with Crippen molar-refractivity contribution in [2.24, 2.45) is 5.41 Å². The van der Waals surface area contributed by atoms with E-state index in [4.69, 9.17) is 4.74 Å². The van der Waals surface area contributed by atoms with Gasteiger partial charge in [0.15, 0.2) is 0 Å². The van der Waals surface area contributed by atoms with Crippen LogP contribution < -0.4 is 10.1 Å². The minimum absolute atomic E-state index is 0.0755. The molecule has 2 aromatic heterocycles. The number of rotatable bonds is 5. The Hall–Kier alpha value is -2.73. The van der Waals surface area contributed by atoms with Crippen molar-refractivity contribution in [2.75, 3.05) is 5.32 Å². The summed E-state index contributed by atoms with van der Waals surface area (Å²) in [4.78, 5) is 16.3. The highest BCUT2D eigenvalue weighted by molar-refractivity contribution is 7.15. The van der Waals surface area contributed by atoms with E-state index in [1.165, 1.54) is 6.07 Å². The van der Waals surface area contributed by atoms with Crippen LogP contribution in [0.1, 0.15) is 66.6 Å². The minimum atomic E-state index is -4.43. The second-order valence-electron chi connectivity index (χ2n) is 8.78. The molecule has 0 amide bonds. The molecule has 5 nitrogen and oxygen atoms in total. The normalized spacial score (nSPS) is 19.1. The first-order chi connectivity index (χ1) is 14.9. The molecule has 1 saturated carbocycles. The van der Waals surface area contributed by atoms with Gasteiger partial charge in [0, 0.05) is 23.7 Å². The molecule has 2 aromatic rings. The van der Waals surface area contributed by atoms with E-state index in [9.17, 15) is 23.1 Å². The number of nitrogens with zero attached hydrogens (tertiary/aromatic N) is 1. The van der Waals surface area contributed by atoms with Crippen molar-refractivity contribution in [3.05, 3.63) is 39.7 Å². The number of aromatic carboxylic acids is 1. The number of alkyl halides is 3. The van der Waals surface area contributed by atoms with Crippen LogP contribution in [0.2, 0.25) is 0 Å². The molecule has 0 atom stereocenters. The Labute approximate surface area is 189 Å². The van der Waals surface area contributed by atoms with Crippen molar-refractivity contribution < 1.29 is 27.8 Å². The lowest BCUT2D eigenvalue weighted by molar-refractivity contribution is -0.137. The van der Waals surface area contributed by atoms with E-state index >= 15 is 0 Å². The minimum Gasteiger partial charge on any atom is -0.477 e. The summed E-state index contributed by atoms with van der Waals surface area (Å²) in [6, 6.07) is 4.05. The van der Waals surface area contributed by atoms with E-state index in [1.807, 2.05) is 20.8 Å². The summed E-state index contributed by atoms with van der Waals surface area (Å²) < 4.78 is 43.7. The fourth-order valence-electron chi connectivity index (χ4n) is 3.30. The average molecular weight is 467 g/mol.